The van der Waals surface area contributed by atoms with Crippen molar-refractivity contribution in [3.05, 3.63) is 18.2 Å². The minimum atomic E-state index is 0.680. The highest BCUT2D eigenvalue weighted by atomic mass is 16.5. The normalized spacial score (nSPS) is 21.8. The summed E-state index contributed by atoms with van der Waals surface area (Å²) in [7, 11) is 2.02. The molecule has 4 nitrogen and oxygen atoms in total. The summed E-state index contributed by atoms with van der Waals surface area (Å²) in [5.41, 5.74) is 0. The van der Waals surface area contributed by atoms with Gasteiger partial charge in [0.2, 0.25) is 0 Å². The van der Waals surface area contributed by atoms with E-state index in [4.69, 9.17) is 4.74 Å². The quantitative estimate of drug-likeness (QED) is 0.802. The molecule has 0 aliphatic carbocycles. The number of imidazole rings is 1. The maximum Gasteiger partial charge on any atom is 0.122 e. The fraction of sp³-hybridized carbons (Fsp3) is 0.727. The van der Waals surface area contributed by atoms with Crippen molar-refractivity contribution in [1.29, 1.82) is 0 Å². The Morgan fingerprint density at radius 1 is 1.67 bits per heavy atom. The number of aromatic nitrogens is 2. The minimum absolute atomic E-state index is 0.680. The van der Waals surface area contributed by atoms with Gasteiger partial charge in [0.25, 0.3) is 0 Å². The third kappa shape index (κ3) is 3.04. The molecule has 1 atom stereocenters. The highest BCUT2D eigenvalue weighted by molar-refractivity contribution is 4.90. The van der Waals surface area contributed by atoms with E-state index < -0.39 is 0 Å². The zero-order valence-corrected chi connectivity index (χ0v) is 9.28. The van der Waals surface area contributed by atoms with E-state index in [0.717, 1.165) is 32.1 Å². The molecular weight excluding hydrogens is 190 g/mol. The first-order valence-corrected chi connectivity index (χ1v) is 5.61. The molecule has 1 unspecified atom stereocenters. The third-order valence-electron chi connectivity index (χ3n) is 2.89. The number of hydrogen-bond acceptors (Lipinski definition) is 3. The molecule has 0 amide bonds. The molecule has 1 aliphatic heterocycles. The van der Waals surface area contributed by atoms with Crippen molar-refractivity contribution < 1.29 is 4.74 Å². The molecule has 2 heterocycles. The van der Waals surface area contributed by atoms with Crippen LogP contribution in [-0.2, 0) is 18.3 Å². The highest BCUT2D eigenvalue weighted by Gasteiger charge is 2.13. The number of ether oxygens (including phenoxy) is 1. The lowest BCUT2D eigenvalue weighted by molar-refractivity contribution is 0.0547. The van der Waals surface area contributed by atoms with E-state index in [9.17, 15) is 0 Å². The third-order valence-corrected chi connectivity index (χ3v) is 2.89. The van der Waals surface area contributed by atoms with E-state index in [1.54, 1.807) is 0 Å². The lowest BCUT2D eigenvalue weighted by atomic mass is 10.0. The van der Waals surface area contributed by atoms with Gasteiger partial charge in [0.15, 0.2) is 0 Å². The van der Waals surface area contributed by atoms with Crippen LogP contribution in [0.2, 0.25) is 0 Å². The molecule has 1 N–H and O–H groups in total. The van der Waals surface area contributed by atoms with E-state index in [2.05, 4.69) is 10.3 Å². The molecule has 0 saturated carbocycles. The molecule has 84 valence electrons. The van der Waals surface area contributed by atoms with Crippen molar-refractivity contribution in [2.75, 3.05) is 19.8 Å². The smallest absolute Gasteiger partial charge is 0.122 e. The van der Waals surface area contributed by atoms with Crippen molar-refractivity contribution in [3.8, 4) is 0 Å². The molecule has 2 rings (SSSR count). The van der Waals surface area contributed by atoms with E-state index in [1.165, 1.54) is 12.8 Å². The fourth-order valence-corrected chi connectivity index (χ4v) is 1.92. The van der Waals surface area contributed by atoms with Crippen LogP contribution in [0.3, 0.4) is 0 Å². The summed E-state index contributed by atoms with van der Waals surface area (Å²) in [6.07, 6.45) is 6.30. The summed E-state index contributed by atoms with van der Waals surface area (Å²) >= 11 is 0. The van der Waals surface area contributed by atoms with Crippen LogP contribution in [0.1, 0.15) is 18.7 Å². The number of rotatable bonds is 4. The molecule has 0 radical (unpaired) electrons. The number of hydrogen-bond donors (Lipinski definition) is 1. The van der Waals surface area contributed by atoms with Crippen molar-refractivity contribution in [2.24, 2.45) is 13.0 Å². The SMILES string of the molecule is Cn1ccnc1CNCC1CCCOC1. The number of nitrogens with zero attached hydrogens (tertiary/aromatic N) is 2. The van der Waals surface area contributed by atoms with Gasteiger partial charge >= 0.3 is 0 Å². The Balaban J connectivity index is 1.68. The Kier molecular flexibility index (Phi) is 3.75. The lowest BCUT2D eigenvalue weighted by Crippen LogP contribution is -2.29. The van der Waals surface area contributed by atoms with Gasteiger partial charge in [0.05, 0.1) is 13.2 Å². The second-order valence-electron chi connectivity index (χ2n) is 4.17. The van der Waals surface area contributed by atoms with Crippen LogP contribution in [0, 0.1) is 5.92 Å². The average Bonchev–Trinajstić information content (AvgIpc) is 2.66. The topological polar surface area (TPSA) is 39.1 Å². The van der Waals surface area contributed by atoms with Gasteiger partial charge in [-0.25, -0.2) is 4.98 Å². The largest absolute Gasteiger partial charge is 0.381 e. The molecule has 1 aromatic rings. The average molecular weight is 209 g/mol. The maximum absolute atomic E-state index is 5.43. The predicted octanol–water partition coefficient (Wildman–Crippen LogP) is 0.936. The molecule has 1 saturated heterocycles. The van der Waals surface area contributed by atoms with Crippen LogP contribution in [0.15, 0.2) is 12.4 Å². The molecule has 0 aromatic carbocycles. The Hall–Kier alpha value is -0.870. The van der Waals surface area contributed by atoms with Gasteiger partial charge in [-0.15, -0.1) is 0 Å². The van der Waals surface area contributed by atoms with Crippen LogP contribution >= 0.6 is 0 Å². The van der Waals surface area contributed by atoms with Gasteiger partial charge in [0, 0.05) is 32.6 Å². The Bertz CT molecular complexity index is 292. The summed E-state index contributed by atoms with van der Waals surface area (Å²) in [5.74, 6) is 1.77. The molecule has 0 spiro atoms. The van der Waals surface area contributed by atoms with Gasteiger partial charge in [-0.3, -0.25) is 0 Å². The Morgan fingerprint density at radius 2 is 2.60 bits per heavy atom. The lowest BCUT2D eigenvalue weighted by Gasteiger charge is -2.22. The van der Waals surface area contributed by atoms with Gasteiger partial charge in [-0.1, -0.05) is 0 Å². The molecule has 0 bridgehead atoms. The fourth-order valence-electron chi connectivity index (χ4n) is 1.92. The van der Waals surface area contributed by atoms with Gasteiger partial charge in [-0.05, 0) is 18.8 Å². The zero-order valence-electron chi connectivity index (χ0n) is 9.28. The van der Waals surface area contributed by atoms with Crippen LogP contribution < -0.4 is 5.32 Å². The molecule has 4 heteroatoms. The summed E-state index contributed by atoms with van der Waals surface area (Å²) in [4.78, 5) is 4.27. The standard InChI is InChI=1S/C11H19N3O/c1-14-5-4-13-11(14)8-12-7-10-3-2-6-15-9-10/h4-5,10,12H,2-3,6-9H2,1H3. The molecule has 1 aliphatic rings. The van der Waals surface area contributed by atoms with Gasteiger partial charge in [0.1, 0.15) is 5.82 Å². The van der Waals surface area contributed by atoms with Gasteiger partial charge in [-0.2, -0.15) is 0 Å². The summed E-state index contributed by atoms with van der Waals surface area (Å²) in [6, 6.07) is 0. The molecule has 1 aromatic heterocycles. The first-order chi connectivity index (χ1) is 7.36. The minimum Gasteiger partial charge on any atom is -0.381 e. The first kappa shape index (κ1) is 10.6. The van der Waals surface area contributed by atoms with Crippen LogP contribution in [-0.4, -0.2) is 29.3 Å². The van der Waals surface area contributed by atoms with E-state index in [-0.39, 0.29) is 0 Å². The molecule has 15 heavy (non-hydrogen) atoms. The Labute approximate surface area is 90.6 Å². The van der Waals surface area contributed by atoms with E-state index in [1.807, 2.05) is 24.0 Å². The highest BCUT2D eigenvalue weighted by Crippen LogP contribution is 2.12. The molecule has 1 fully saturated rings. The van der Waals surface area contributed by atoms with Crippen molar-refractivity contribution in [2.45, 2.75) is 19.4 Å². The van der Waals surface area contributed by atoms with Crippen LogP contribution in [0.4, 0.5) is 0 Å². The van der Waals surface area contributed by atoms with Crippen molar-refractivity contribution in [1.82, 2.24) is 14.9 Å². The van der Waals surface area contributed by atoms with Gasteiger partial charge < -0.3 is 14.6 Å². The predicted molar refractivity (Wildman–Crippen MR) is 58.5 cm³/mol. The zero-order chi connectivity index (χ0) is 10.5. The number of aryl methyl sites for hydroxylation is 1. The summed E-state index contributed by atoms with van der Waals surface area (Å²) < 4.78 is 7.48. The van der Waals surface area contributed by atoms with Crippen LogP contribution in [0.25, 0.3) is 0 Å². The second-order valence-corrected chi connectivity index (χ2v) is 4.17. The van der Waals surface area contributed by atoms with E-state index in [0.29, 0.717) is 5.92 Å². The Morgan fingerprint density at radius 3 is 3.27 bits per heavy atom. The van der Waals surface area contributed by atoms with Crippen LogP contribution in [0.5, 0.6) is 0 Å². The monoisotopic (exact) mass is 209 g/mol. The maximum atomic E-state index is 5.43. The summed E-state index contributed by atoms with van der Waals surface area (Å²) in [6.45, 7) is 3.73. The van der Waals surface area contributed by atoms with E-state index >= 15 is 0 Å². The van der Waals surface area contributed by atoms with Crippen molar-refractivity contribution in [3.63, 3.8) is 0 Å². The first-order valence-electron chi connectivity index (χ1n) is 5.61. The van der Waals surface area contributed by atoms with Crippen molar-refractivity contribution >= 4 is 0 Å². The second kappa shape index (κ2) is 5.28. The number of nitrogens with one attached hydrogen (secondary N) is 1. The summed E-state index contributed by atoms with van der Waals surface area (Å²) in [5, 5.41) is 3.44. The molecular formula is C11H19N3O.